The number of Topliss-reactive ketones (excluding diaryl/α,β-unsaturated/α-hetero) is 1. The maximum absolute atomic E-state index is 11.1. The van der Waals surface area contributed by atoms with Crippen LogP contribution in [-0.4, -0.2) is 17.6 Å². The van der Waals surface area contributed by atoms with E-state index < -0.39 is 0 Å². The van der Waals surface area contributed by atoms with E-state index in [1.807, 2.05) is 0 Å². The van der Waals surface area contributed by atoms with Crippen LogP contribution in [0.15, 0.2) is 30.3 Å². The highest BCUT2D eigenvalue weighted by Gasteiger charge is 2.04. The standard InChI is InChI=1S/C8H8O4/c9-8(6-11-12-10)7-4-2-1-3-5-7/h1-5,10H,6H2. The molecule has 64 valence electrons. The van der Waals surface area contributed by atoms with Gasteiger partial charge < -0.3 is 0 Å². The van der Waals surface area contributed by atoms with E-state index in [4.69, 9.17) is 5.26 Å². The molecule has 0 radical (unpaired) electrons. The zero-order valence-corrected chi connectivity index (χ0v) is 6.27. The van der Waals surface area contributed by atoms with Crippen molar-refractivity contribution in [1.82, 2.24) is 0 Å². The van der Waals surface area contributed by atoms with E-state index in [9.17, 15) is 4.79 Å². The second-order valence-corrected chi connectivity index (χ2v) is 2.13. The lowest BCUT2D eigenvalue weighted by Crippen LogP contribution is -2.08. The Kier molecular flexibility index (Phi) is 3.40. The molecule has 0 spiro atoms. The van der Waals surface area contributed by atoms with Crippen LogP contribution >= 0.6 is 0 Å². The fourth-order valence-electron chi connectivity index (χ4n) is 0.787. The highest BCUT2D eigenvalue weighted by Crippen LogP contribution is 1.99. The lowest BCUT2D eigenvalue weighted by atomic mass is 10.1. The zero-order valence-electron chi connectivity index (χ0n) is 6.27. The SMILES string of the molecule is O=C(COOO)c1ccccc1. The van der Waals surface area contributed by atoms with Crippen LogP contribution in [0.3, 0.4) is 0 Å². The fraction of sp³-hybridized carbons (Fsp3) is 0.125. The van der Waals surface area contributed by atoms with Gasteiger partial charge in [0, 0.05) is 5.56 Å². The topological polar surface area (TPSA) is 55.8 Å². The van der Waals surface area contributed by atoms with Crippen molar-refractivity contribution in [1.29, 1.82) is 0 Å². The summed E-state index contributed by atoms with van der Waals surface area (Å²) in [4.78, 5) is 15.1. The van der Waals surface area contributed by atoms with E-state index in [2.05, 4.69) is 9.93 Å². The first-order valence-electron chi connectivity index (χ1n) is 3.36. The molecule has 12 heavy (non-hydrogen) atoms. The van der Waals surface area contributed by atoms with Crippen molar-refractivity contribution in [3.8, 4) is 0 Å². The van der Waals surface area contributed by atoms with Gasteiger partial charge in [0.1, 0.15) is 6.61 Å². The Bertz CT molecular complexity index is 244. The van der Waals surface area contributed by atoms with Crippen molar-refractivity contribution in [3.05, 3.63) is 35.9 Å². The number of hydrogen-bond acceptors (Lipinski definition) is 4. The summed E-state index contributed by atoms with van der Waals surface area (Å²) in [5.74, 6) is -0.246. The molecule has 0 aliphatic carbocycles. The second-order valence-electron chi connectivity index (χ2n) is 2.13. The molecule has 0 fully saturated rings. The van der Waals surface area contributed by atoms with Crippen molar-refractivity contribution in [2.24, 2.45) is 0 Å². The molecule has 0 saturated heterocycles. The molecule has 0 atom stereocenters. The molecule has 0 amide bonds. The minimum Gasteiger partial charge on any atom is -0.291 e. The summed E-state index contributed by atoms with van der Waals surface area (Å²) in [5, 5.41) is 11.1. The van der Waals surface area contributed by atoms with Crippen molar-refractivity contribution in [3.63, 3.8) is 0 Å². The van der Waals surface area contributed by atoms with Crippen LogP contribution in [0.4, 0.5) is 0 Å². The minimum absolute atomic E-state index is 0.246. The summed E-state index contributed by atoms with van der Waals surface area (Å²) in [5.41, 5.74) is 0.523. The van der Waals surface area contributed by atoms with E-state index in [0.717, 1.165) is 0 Å². The van der Waals surface area contributed by atoms with Crippen molar-refractivity contribution in [2.75, 3.05) is 6.61 Å². The zero-order chi connectivity index (χ0) is 8.81. The summed E-state index contributed by atoms with van der Waals surface area (Å²) < 4.78 is 0. The van der Waals surface area contributed by atoms with Gasteiger partial charge in [-0.25, -0.2) is 5.26 Å². The third kappa shape index (κ3) is 2.43. The van der Waals surface area contributed by atoms with Gasteiger partial charge in [-0.3, -0.25) is 4.79 Å². The summed E-state index contributed by atoms with van der Waals surface area (Å²) in [6.07, 6.45) is 0. The molecule has 0 bridgehead atoms. The molecule has 0 heterocycles. The van der Waals surface area contributed by atoms with E-state index in [1.165, 1.54) is 0 Å². The maximum Gasteiger partial charge on any atom is 0.191 e. The third-order valence-electron chi connectivity index (χ3n) is 1.34. The van der Waals surface area contributed by atoms with Gasteiger partial charge in [0.05, 0.1) is 0 Å². The molecule has 1 rings (SSSR count). The highest BCUT2D eigenvalue weighted by atomic mass is 17.5. The smallest absolute Gasteiger partial charge is 0.191 e. The fourth-order valence-corrected chi connectivity index (χ4v) is 0.787. The molecule has 4 heteroatoms. The number of rotatable bonds is 4. The Morgan fingerprint density at radius 1 is 1.33 bits per heavy atom. The van der Waals surface area contributed by atoms with Crippen molar-refractivity contribution in [2.45, 2.75) is 0 Å². The van der Waals surface area contributed by atoms with Gasteiger partial charge in [0.2, 0.25) is 0 Å². The first kappa shape index (κ1) is 8.86. The predicted molar refractivity (Wildman–Crippen MR) is 40.4 cm³/mol. The molecule has 1 aromatic carbocycles. The first-order valence-corrected chi connectivity index (χ1v) is 3.36. The Labute approximate surface area is 69.2 Å². The maximum atomic E-state index is 11.1. The molecule has 1 aromatic rings. The van der Waals surface area contributed by atoms with Gasteiger partial charge in [-0.15, -0.1) is 0 Å². The van der Waals surface area contributed by atoms with Crippen LogP contribution in [0.1, 0.15) is 10.4 Å². The molecule has 1 N–H and O–H groups in total. The van der Waals surface area contributed by atoms with Crippen LogP contribution in [0.2, 0.25) is 0 Å². The van der Waals surface area contributed by atoms with Crippen LogP contribution in [0.25, 0.3) is 0 Å². The van der Waals surface area contributed by atoms with Gasteiger partial charge in [0.25, 0.3) is 0 Å². The average Bonchev–Trinajstić information content (AvgIpc) is 2.15. The van der Waals surface area contributed by atoms with E-state index in [-0.39, 0.29) is 12.4 Å². The van der Waals surface area contributed by atoms with Crippen LogP contribution in [0.5, 0.6) is 0 Å². The second kappa shape index (κ2) is 4.61. The van der Waals surface area contributed by atoms with Gasteiger partial charge in [-0.2, -0.15) is 4.89 Å². The summed E-state index contributed by atoms with van der Waals surface area (Å²) in [6.45, 7) is -0.291. The lowest BCUT2D eigenvalue weighted by Gasteiger charge is -1.97. The first-order chi connectivity index (χ1) is 5.84. The molecule has 0 saturated carbocycles. The Morgan fingerprint density at radius 2 is 2.00 bits per heavy atom. The highest BCUT2D eigenvalue weighted by molar-refractivity contribution is 5.96. The Morgan fingerprint density at radius 3 is 2.58 bits per heavy atom. The molecule has 0 aliphatic heterocycles. The number of benzene rings is 1. The average molecular weight is 168 g/mol. The van der Waals surface area contributed by atoms with Gasteiger partial charge in [0.15, 0.2) is 5.78 Å². The third-order valence-corrected chi connectivity index (χ3v) is 1.34. The van der Waals surface area contributed by atoms with Gasteiger partial charge in [-0.1, -0.05) is 35.4 Å². The monoisotopic (exact) mass is 168 g/mol. The van der Waals surface area contributed by atoms with E-state index in [0.29, 0.717) is 5.56 Å². The molecule has 0 unspecified atom stereocenters. The van der Waals surface area contributed by atoms with Crippen molar-refractivity contribution >= 4 is 5.78 Å². The number of ketones is 1. The molecule has 0 aromatic heterocycles. The largest absolute Gasteiger partial charge is 0.291 e. The van der Waals surface area contributed by atoms with Gasteiger partial charge in [-0.05, 0) is 0 Å². The molecular formula is C8H8O4. The number of hydrogen-bond donors (Lipinski definition) is 1. The van der Waals surface area contributed by atoms with Gasteiger partial charge >= 0.3 is 0 Å². The number of carbonyl (C=O) groups is 1. The number of carbonyl (C=O) groups excluding carboxylic acids is 1. The summed E-state index contributed by atoms with van der Waals surface area (Å²) >= 11 is 0. The molecular weight excluding hydrogens is 160 g/mol. The molecule has 4 nitrogen and oxygen atoms in total. The van der Waals surface area contributed by atoms with Crippen LogP contribution in [-0.2, 0) is 9.93 Å². The Hall–Kier alpha value is -1.23. The van der Waals surface area contributed by atoms with E-state index in [1.54, 1.807) is 30.3 Å². The van der Waals surface area contributed by atoms with E-state index >= 15 is 0 Å². The normalized spacial score (nSPS) is 9.75. The minimum atomic E-state index is -0.291. The summed E-state index contributed by atoms with van der Waals surface area (Å²) in [7, 11) is 0. The van der Waals surface area contributed by atoms with Crippen LogP contribution < -0.4 is 0 Å². The quantitative estimate of drug-likeness (QED) is 0.418. The predicted octanol–water partition coefficient (Wildman–Crippen LogP) is 1.29. The van der Waals surface area contributed by atoms with Crippen LogP contribution in [0, 0.1) is 0 Å². The summed E-state index contributed by atoms with van der Waals surface area (Å²) in [6, 6.07) is 8.60. The Balaban J connectivity index is 2.54. The lowest BCUT2D eigenvalue weighted by molar-refractivity contribution is -0.485. The molecule has 0 aliphatic rings. The van der Waals surface area contributed by atoms with Crippen molar-refractivity contribution < 1.29 is 20.0 Å².